The predicted molar refractivity (Wildman–Crippen MR) is 92.9 cm³/mol. The predicted octanol–water partition coefficient (Wildman–Crippen LogP) is 5.09. The Balaban J connectivity index is 2.24. The third-order valence-corrected chi connectivity index (χ3v) is 4.93. The van der Waals surface area contributed by atoms with Gasteiger partial charge in [-0.1, -0.05) is 52.0 Å². The number of benzene rings is 1. The van der Waals surface area contributed by atoms with Crippen molar-refractivity contribution in [2.45, 2.75) is 71.6 Å². The average Bonchev–Trinajstić information content (AvgIpc) is 2.45. The van der Waals surface area contributed by atoms with E-state index < -0.39 is 0 Å². The van der Waals surface area contributed by atoms with Crippen molar-refractivity contribution in [3.63, 3.8) is 0 Å². The van der Waals surface area contributed by atoms with E-state index in [1.807, 2.05) is 0 Å². The highest BCUT2D eigenvalue weighted by Crippen LogP contribution is 2.42. The van der Waals surface area contributed by atoms with E-state index in [1.165, 1.54) is 38.5 Å². The van der Waals surface area contributed by atoms with E-state index >= 15 is 0 Å². The minimum atomic E-state index is 0.358. The maximum atomic E-state index is 3.72. The molecule has 1 heteroatoms. The quantitative estimate of drug-likeness (QED) is 0.719. The maximum Gasteiger partial charge on any atom is 0.00808 e. The number of hydrogen-bond donors (Lipinski definition) is 1. The van der Waals surface area contributed by atoms with Gasteiger partial charge in [0.25, 0.3) is 0 Å². The van der Waals surface area contributed by atoms with Crippen LogP contribution in [0.5, 0.6) is 0 Å². The standard InChI is InChI=1S/C20H33N/c1-5-15-21-16-20(14-13-19(2,3)4)12-8-10-17-9-6-7-11-18(17)20/h6-7,9,11,21H,5,8,10,12-16H2,1-4H3. The highest BCUT2D eigenvalue weighted by atomic mass is 14.9. The molecule has 0 aliphatic heterocycles. The van der Waals surface area contributed by atoms with Crippen molar-refractivity contribution in [2.24, 2.45) is 5.41 Å². The molecule has 0 aromatic heterocycles. The molecule has 1 aliphatic rings. The number of fused-ring (bicyclic) bond motifs is 1. The zero-order valence-corrected chi connectivity index (χ0v) is 14.5. The average molecular weight is 287 g/mol. The summed E-state index contributed by atoms with van der Waals surface area (Å²) in [6, 6.07) is 9.18. The molecule has 1 aliphatic carbocycles. The summed E-state index contributed by atoms with van der Waals surface area (Å²) in [5.74, 6) is 0. The minimum absolute atomic E-state index is 0.358. The lowest BCUT2D eigenvalue weighted by Gasteiger charge is -2.41. The lowest BCUT2D eigenvalue weighted by molar-refractivity contribution is 0.255. The van der Waals surface area contributed by atoms with Gasteiger partial charge < -0.3 is 5.32 Å². The van der Waals surface area contributed by atoms with Crippen LogP contribution in [0.2, 0.25) is 0 Å². The zero-order valence-electron chi connectivity index (χ0n) is 14.5. The molecular weight excluding hydrogens is 254 g/mol. The molecule has 1 N–H and O–H groups in total. The minimum Gasteiger partial charge on any atom is -0.316 e. The summed E-state index contributed by atoms with van der Waals surface area (Å²) < 4.78 is 0. The molecule has 0 radical (unpaired) electrons. The summed E-state index contributed by atoms with van der Waals surface area (Å²) in [7, 11) is 0. The second-order valence-corrected chi connectivity index (χ2v) is 8.03. The Morgan fingerprint density at radius 3 is 2.67 bits per heavy atom. The third-order valence-electron chi connectivity index (χ3n) is 4.93. The molecule has 0 saturated carbocycles. The van der Waals surface area contributed by atoms with Gasteiger partial charge in [-0.15, -0.1) is 0 Å². The molecule has 1 aromatic rings. The smallest absolute Gasteiger partial charge is 0.00808 e. The first kappa shape index (κ1) is 16.5. The number of hydrogen-bond acceptors (Lipinski definition) is 1. The van der Waals surface area contributed by atoms with Crippen LogP contribution in [0.3, 0.4) is 0 Å². The van der Waals surface area contributed by atoms with Gasteiger partial charge in [-0.3, -0.25) is 0 Å². The van der Waals surface area contributed by atoms with Gasteiger partial charge in [-0.05, 0) is 61.6 Å². The fourth-order valence-corrected chi connectivity index (χ4v) is 3.66. The zero-order chi connectivity index (χ0) is 15.3. The van der Waals surface area contributed by atoms with Crippen LogP contribution in [-0.4, -0.2) is 13.1 Å². The van der Waals surface area contributed by atoms with Crippen molar-refractivity contribution in [3.05, 3.63) is 35.4 Å². The first-order valence-electron chi connectivity index (χ1n) is 8.76. The normalized spacial score (nSPS) is 22.1. The van der Waals surface area contributed by atoms with Crippen molar-refractivity contribution in [2.75, 3.05) is 13.1 Å². The van der Waals surface area contributed by atoms with Crippen molar-refractivity contribution in [1.82, 2.24) is 5.32 Å². The second-order valence-electron chi connectivity index (χ2n) is 8.03. The van der Waals surface area contributed by atoms with Crippen LogP contribution in [-0.2, 0) is 11.8 Å². The molecule has 0 amide bonds. The van der Waals surface area contributed by atoms with Crippen molar-refractivity contribution in [3.8, 4) is 0 Å². The molecular formula is C20H33N. The van der Waals surface area contributed by atoms with Crippen molar-refractivity contribution in [1.29, 1.82) is 0 Å². The van der Waals surface area contributed by atoms with Crippen molar-refractivity contribution >= 4 is 0 Å². The van der Waals surface area contributed by atoms with E-state index in [-0.39, 0.29) is 0 Å². The molecule has 0 fully saturated rings. The van der Waals surface area contributed by atoms with Gasteiger partial charge in [0, 0.05) is 12.0 Å². The van der Waals surface area contributed by atoms with Crippen LogP contribution >= 0.6 is 0 Å². The molecule has 0 bridgehead atoms. The number of rotatable bonds is 6. The van der Waals surface area contributed by atoms with Gasteiger partial charge in [-0.25, -0.2) is 0 Å². The monoisotopic (exact) mass is 287 g/mol. The van der Waals surface area contributed by atoms with Gasteiger partial charge in [-0.2, -0.15) is 0 Å². The summed E-state index contributed by atoms with van der Waals surface area (Å²) in [5.41, 5.74) is 4.00. The molecule has 1 atom stereocenters. The van der Waals surface area contributed by atoms with Crippen LogP contribution < -0.4 is 5.32 Å². The van der Waals surface area contributed by atoms with Crippen LogP contribution in [0.25, 0.3) is 0 Å². The maximum absolute atomic E-state index is 3.72. The first-order valence-corrected chi connectivity index (χ1v) is 8.76. The summed E-state index contributed by atoms with van der Waals surface area (Å²) in [5, 5.41) is 3.72. The first-order chi connectivity index (χ1) is 9.97. The Morgan fingerprint density at radius 2 is 1.95 bits per heavy atom. The molecule has 118 valence electrons. The van der Waals surface area contributed by atoms with Gasteiger partial charge in [0.15, 0.2) is 0 Å². The van der Waals surface area contributed by atoms with E-state index in [0.717, 1.165) is 13.1 Å². The van der Waals surface area contributed by atoms with Crippen LogP contribution in [0.15, 0.2) is 24.3 Å². The van der Waals surface area contributed by atoms with E-state index in [0.29, 0.717) is 10.8 Å². The summed E-state index contributed by atoms with van der Waals surface area (Å²) in [6.07, 6.45) is 7.78. The van der Waals surface area contributed by atoms with Crippen LogP contribution in [0, 0.1) is 5.41 Å². The molecule has 0 spiro atoms. The van der Waals surface area contributed by atoms with Gasteiger partial charge >= 0.3 is 0 Å². The van der Waals surface area contributed by atoms with Gasteiger partial charge in [0.2, 0.25) is 0 Å². The Hall–Kier alpha value is -0.820. The van der Waals surface area contributed by atoms with E-state index in [9.17, 15) is 0 Å². The largest absolute Gasteiger partial charge is 0.316 e. The lowest BCUT2D eigenvalue weighted by Crippen LogP contribution is -2.42. The molecule has 2 rings (SSSR count). The van der Waals surface area contributed by atoms with Crippen molar-refractivity contribution < 1.29 is 0 Å². The Kier molecular flexibility index (Phi) is 5.48. The van der Waals surface area contributed by atoms with Crippen LogP contribution in [0.1, 0.15) is 70.9 Å². The third kappa shape index (κ3) is 4.32. The van der Waals surface area contributed by atoms with Gasteiger partial charge in [0.05, 0.1) is 0 Å². The SMILES string of the molecule is CCCNCC1(CCC(C)(C)C)CCCc2ccccc21. The van der Waals surface area contributed by atoms with Crippen LogP contribution in [0.4, 0.5) is 0 Å². The summed E-state index contributed by atoms with van der Waals surface area (Å²) in [4.78, 5) is 0. The molecule has 0 saturated heterocycles. The Bertz CT molecular complexity index is 443. The topological polar surface area (TPSA) is 12.0 Å². The lowest BCUT2D eigenvalue weighted by atomic mass is 9.65. The molecule has 1 aromatic carbocycles. The van der Waals surface area contributed by atoms with Gasteiger partial charge in [0.1, 0.15) is 0 Å². The highest BCUT2D eigenvalue weighted by Gasteiger charge is 2.36. The Labute approximate surface area is 131 Å². The summed E-state index contributed by atoms with van der Waals surface area (Å²) >= 11 is 0. The highest BCUT2D eigenvalue weighted by molar-refractivity contribution is 5.37. The summed E-state index contributed by atoms with van der Waals surface area (Å²) in [6.45, 7) is 11.6. The number of nitrogens with one attached hydrogen (secondary N) is 1. The van der Waals surface area contributed by atoms with E-state index in [4.69, 9.17) is 0 Å². The molecule has 0 heterocycles. The molecule has 1 nitrogen and oxygen atoms in total. The fraction of sp³-hybridized carbons (Fsp3) is 0.700. The Morgan fingerprint density at radius 1 is 1.19 bits per heavy atom. The second kappa shape index (κ2) is 6.96. The number of aryl methyl sites for hydroxylation is 1. The molecule has 21 heavy (non-hydrogen) atoms. The fourth-order valence-electron chi connectivity index (χ4n) is 3.66. The van der Waals surface area contributed by atoms with E-state index in [2.05, 4.69) is 57.3 Å². The van der Waals surface area contributed by atoms with E-state index in [1.54, 1.807) is 11.1 Å². The molecule has 1 unspecified atom stereocenters.